The molecule has 0 aromatic heterocycles. The summed E-state index contributed by atoms with van der Waals surface area (Å²) in [5.74, 6) is 0. The van der Waals surface area contributed by atoms with Gasteiger partial charge < -0.3 is 10.1 Å². The van der Waals surface area contributed by atoms with Crippen LogP contribution in [0.15, 0.2) is 18.2 Å². The van der Waals surface area contributed by atoms with Crippen molar-refractivity contribution < 1.29 is 13.2 Å². The standard InChI is InChI=1S/C12H16Cl2N2O3S/c1-20(17,18)16-11-7-15-4-5-19-12(11)8-2-3-9(13)10(14)6-8/h2-3,6,11-12,15-16H,4-5,7H2,1H3/t11-,12+/m1/s1. The van der Waals surface area contributed by atoms with Crippen LogP contribution in [0.5, 0.6) is 0 Å². The first-order valence-corrected chi connectivity index (χ1v) is 8.76. The first-order valence-electron chi connectivity index (χ1n) is 6.11. The minimum Gasteiger partial charge on any atom is -0.370 e. The summed E-state index contributed by atoms with van der Waals surface area (Å²) in [5, 5.41) is 4.01. The highest BCUT2D eigenvalue weighted by atomic mass is 35.5. The molecule has 1 aliphatic rings. The van der Waals surface area contributed by atoms with Gasteiger partial charge in [-0.25, -0.2) is 13.1 Å². The highest BCUT2D eigenvalue weighted by Gasteiger charge is 2.28. The lowest BCUT2D eigenvalue weighted by atomic mass is 10.0. The van der Waals surface area contributed by atoms with Crippen molar-refractivity contribution in [3.05, 3.63) is 33.8 Å². The first kappa shape index (κ1) is 16.0. The van der Waals surface area contributed by atoms with E-state index in [2.05, 4.69) is 10.0 Å². The van der Waals surface area contributed by atoms with Gasteiger partial charge in [0.05, 0.1) is 28.9 Å². The number of benzene rings is 1. The molecule has 2 N–H and O–H groups in total. The molecule has 1 saturated heterocycles. The normalized spacial score (nSPS) is 24.4. The average molecular weight is 339 g/mol. The Kier molecular flexibility index (Phi) is 5.28. The molecule has 2 rings (SSSR count). The summed E-state index contributed by atoms with van der Waals surface area (Å²) in [5.41, 5.74) is 0.796. The monoisotopic (exact) mass is 338 g/mol. The maximum atomic E-state index is 11.5. The highest BCUT2D eigenvalue weighted by molar-refractivity contribution is 7.88. The smallest absolute Gasteiger partial charge is 0.209 e. The predicted molar refractivity (Wildman–Crippen MR) is 79.8 cm³/mol. The molecule has 2 atom stereocenters. The number of hydrogen-bond donors (Lipinski definition) is 2. The van der Waals surface area contributed by atoms with E-state index in [1.807, 2.05) is 0 Å². The van der Waals surface area contributed by atoms with Crippen molar-refractivity contribution in [2.75, 3.05) is 26.0 Å². The molecule has 1 fully saturated rings. The van der Waals surface area contributed by atoms with Gasteiger partial charge in [0.1, 0.15) is 6.10 Å². The lowest BCUT2D eigenvalue weighted by molar-refractivity contribution is 0.0494. The molecule has 1 heterocycles. The fraction of sp³-hybridized carbons (Fsp3) is 0.500. The van der Waals surface area contributed by atoms with Gasteiger partial charge in [-0.15, -0.1) is 0 Å². The number of halogens is 2. The molecule has 1 aromatic rings. The van der Waals surface area contributed by atoms with Crippen molar-refractivity contribution in [2.24, 2.45) is 0 Å². The van der Waals surface area contributed by atoms with Crippen LogP contribution >= 0.6 is 23.2 Å². The van der Waals surface area contributed by atoms with Crippen molar-refractivity contribution in [1.29, 1.82) is 0 Å². The Morgan fingerprint density at radius 1 is 1.35 bits per heavy atom. The molecular weight excluding hydrogens is 323 g/mol. The highest BCUT2D eigenvalue weighted by Crippen LogP contribution is 2.29. The maximum absolute atomic E-state index is 11.5. The number of ether oxygens (including phenoxy) is 1. The van der Waals surface area contributed by atoms with E-state index in [4.69, 9.17) is 27.9 Å². The Balaban J connectivity index is 2.29. The maximum Gasteiger partial charge on any atom is 0.209 e. The average Bonchev–Trinajstić information content (AvgIpc) is 2.56. The molecule has 0 unspecified atom stereocenters. The fourth-order valence-corrected chi connectivity index (χ4v) is 3.20. The summed E-state index contributed by atoms with van der Waals surface area (Å²) in [6, 6.07) is 4.78. The molecule has 0 amide bonds. The van der Waals surface area contributed by atoms with Crippen LogP contribution < -0.4 is 10.0 Å². The molecule has 20 heavy (non-hydrogen) atoms. The number of nitrogens with one attached hydrogen (secondary N) is 2. The third-order valence-corrected chi connectivity index (χ3v) is 4.41. The Labute approximate surface area is 128 Å². The van der Waals surface area contributed by atoms with Gasteiger partial charge in [0, 0.05) is 13.1 Å². The van der Waals surface area contributed by atoms with Crippen molar-refractivity contribution >= 4 is 33.2 Å². The number of hydrogen-bond acceptors (Lipinski definition) is 4. The minimum absolute atomic E-state index is 0.398. The zero-order chi connectivity index (χ0) is 14.8. The van der Waals surface area contributed by atoms with E-state index in [0.29, 0.717) is 29.7 Å². The van der Waals surface area contributed by atoms with E-state index >= 15 is 0 Å². The summed E-state index contributed by atoms with van der Waals surface area (Å²) >= 11 is 11.9. The Hall–Kier alpha value is -0.370. The molecule has 8 heteroatoms. The van der Waals surface area contributed by atoms with Crippen LogP contribution in [-0.2, 0) is 14.8 Å². The quantitative estimate of drug-likeness (QED) is 0.877. The van der Waals surface area contributed by atoms with Crippen LogP contribution in [-0.4, -0.2) is 40.4 Å². The Bertz CT molecular complexity index is 580. The third kappa shape index (κ3) is 4.31. The number of sulfonamides is 1. The van der Waals surface area contributed by atoms with E-state index < -0.39 is 22.2 Å². The van der Waals surface area contributed by atoms with Crippen LogP contribution in [0.1, 0.15) is 11.7 Å². The summed E-state index contributed by atoms with van der Waals surface area (Å²) in [4.78, 5) is 0. The molecular formula is C12H16Cl2N2O3S. The van der Waals surface area contributed by atoms with Gasteiger partial charge in [-0.2, -0.15) is 0 Å². The minimum atomic E-state index is -3.33. The van der Waals surface area contributed by atoms with E-state index in [1.54, 1.807) is 18.2 Å². The van der Waals surface area contributed by atoms with Crippen molar-refractivity contribution in [1.82, 2.24) is 10.0 Å². The van der Waals surface area contributed by atoms with Crippen molar-refractivity contribution in [3.63, 3.8) is 0 Å². The largest absolute Gasteiger partial charge is 0.370 e. The molecule has 0 saturated carbocycles. The second kappa shape index (κ2) is 6.60. The third-order valence-electron chi connectivity index (χ3n) is 2.94. The SMILES string of the molecule is CS(=O)(=O)N[C@@H]1CNCCO[C@H]1c1ccc(Cl)c(Cl)c1. The summed E-state index contributed by atoms with van der Waals surface area (Å²) < 4.78 is 31.3. The van der Waals surface area contributed by atoms with Crippen LogP contribution in [0.2, 0.25) is 10.0 Å². The molecule has 0 spiro atoms. The lowest BCUT2D eigenvalue weighted by Crippen LogP contribution is -2.44. The van der Waals surface area contributed by atoms with Crippen molar-refractivity contribution in [2.45, 2.75) is 12.1 Å². The lowest BCUT2D eigenvalue weighted by Gasteiger charge is -2.25. The van der Waals surface area contributed by atoms with Crippen LogP contribution in [0.4, 0.5) is 0 Å². The van der Waals surface area contributed by atoms with Crippen molar-refractivity contribution in [3.8, 4) is 0 Å². The predicted octanol–water partition coefficient (Wildman–Crippen LogP) is 1.57. The van der Waals surface area contributed by atoms with Crippen LogP contribution in [0, 0.1) is 0 Å². The molecule has 0 bridgehead atoms. The van der Waals surface area contributed by atoms with Gasteiger partial charge in [0.2, 0.25) is 10.0 Å². The molecule has 1 aromatic carbocycles. The Morgan fingerprint density at radius 3 is 2.75 bits per heavy atom. The van der Waals surface area contributed by atoms with Crippen LogP contribution in [0.3, 0.4) is 0 Å². The van der Waals surface area contributed by atoms with Gasteiger partial charge in [-0.05, 0) is 17.7 Å². The summed E-state index contributed by atoms with van der Waals surface area (Å²) in [6.45, 7) is 1.64. The molecule has 112 valence electrons. The van der Waals surface area contributed by atoms with Gasteiger partial charge in [0.25, 0.3) is 0 Å². The van der Waals surface area contributed by atoms with Gasteiger partial charge in [-0.3, -0.25) is 0 Å². The second-order valence-electron chi connectivity index (χ2n) is 4.67. The van der Waals surface area contributed by atoms with Gasteiger partial charge in [0.15, 0.2) is 0 Å². The second-order valence-corrected chi connectivity index (χ2v) is 7.26. The fourth-order valence-electron chi connectivity index (χ4n) is 2.14. The van der Waals surface area contributed by atoms with Gasteiger partial charge in [-0.1, -0.05) is 29.3 Å². The van der Waals surface area contributed by atoms with Gasteiger partial charge >= 0.3 is 0 Å². The molecule has 1 aliphatic heterocycles. The zero-order valence-electron chi connectivity index (χ0n) is 10.9. The zero-order valence-corrected chi connectivity index (χ0v) is 13.2. The topological polar surface area (TPSA) is 67.4 Å². The summed E-state index contributed by atoms with van der Waals surface area (Å²) in [6.07, 6.45) is 0.721. The Morgan fingerprint density at radius 2 is 2.10 bits per heavy atom. The first-order chi connectivity index (χ1) is 9.37. The molecule has 0 aliphatic carbocycles. The van der Waals surface area contributed by atoms with E-state index in [1.165, 1.54) is 0 Å². The van der Waals surface area contributed by atoms with E-state index in [0.717, 1.165) is 11.8 Å². The summed E-state index contributed by atoms with van der Waals surface area (Å²) in [7, 11) is -3.33. The van der Waals surface area contributed by atoms with Crippen LogP contribution in [0.25, 0.3) is 0 Å². The number of rotatable bonds is 3. The van der Waals surface area contributed by atoms with E-state index in [-0.39, 0.29) is 0 Å². The molecule has 0 radical (unpaired) electrons. The molecule has 5 nitrogen and oxygen atoms in total. The van der Waals surface area contributed by atoms with E-state index in [9.17, 15) is 8.42 Å².